The van der Waals surface area contributed by atoms with Gasteiger partial charge in [0.05, 0.1) is 19.3 Å². The quantitative estimate of drug-likeness (QED) is 0.723. The van der Waals surface area contributed by atoms with Gasteiger partial charge >= 0.3 is 0 Å². The number of benzene rings is 1. The standard InChI is InChI=1S/C14H20N2O3/c1-10-2-4-11(5-3-10)13(17)8-16-14(18)12-9-19-7-6-15-12/h2-5,12-13,15,17H,6-9H2,1H3,(H,16,18)/t12-,13+/m0/s1. The monoisotopic (exact) mass is 264 g/mol. The summed E-state index contributed by atoms with van der Waals surface area (Å²) in [6.45, 7) is 3.90. The summed E-state index contributed by atoms with van der Waals surface area (Å²) >= 11 is 0. The zero-order valence-electron chi connectivity index (χ0n) is 11.1. The summed E-state index contributed by atoms with van der Waals surface area (Å²) in [5, 5.41) is 15.8. The predicted molar refractivity (Wildman–Crippen MR) is 71.8 cm³/mol. The van der Waals surface area contributed by atoms with E-state index in [0.29, 0.717) is 19.8 Å². The molecule has 0 bridgehead atoms. The number of ether oxygens (including phenoxy) is 1. The highest BCUT2D eigenvalue weighted by Crippen LogP contribution is 2.12. The van der Waals surface area contributed by atoms with Gasteiger partial charge in [-0.15, -0.1) is 0 Å². The summed E-state index contributed by atoms with van der Waals surface area (Å²) in [6.07, 6.45) is -0.686. The first-order chi connectivity index (χ1) is 9.16. The van der Waals surface area contributed by atoms with Crippen molar-refractivity contribution in [2.45, 2.75) is 19.1 Å². The number of hydrogen-bond acceptors (Lipinski definition) is 4. The summed E-state index contributed by atoms with van der Waals surface area (Å²) in [6, 6.07) is 7.30. The number of rotatable bonds is 4. The molecule has 0 unspecified atom stereocenters. The summed E-state index contributed by atoms with van der Waals surface area (Å²) in [5.74, 6) is -0.133. The van der Waals surface area contributed by atoms with Crippen molar-refractivity contribution in [2.24, 2.45) is 0 Å². The lowest BCUT2D eigenvalue weighted by Gasteiger charge is -2.23. The lowest BCUT2D eigenvalue weighted by molar-refractivity contribution is -0.126. The molecule has 5 heteroatoms. The predicted octanol–water partition coefficient (Wildman–Crippen LogP) is 0.133. The molecule has 1 heterocycles. The highest BCUT2D eigenvalue weighted by molar-refractivity contribution is 5.82. The number of amides is 1. The molecule has 3 N–H and O–H groups in total. The second kappa shape index (κ2) is 6.65. The van der Waals surface area contributed by atoms with Crippen LogP contribution in [0.25, 0.3) is 0 Å². The molecule has 2 atom stereocenters. The third-order valence-electron chi connectivity index (χ3n) is 3.17. The molecular formula is C14H20N2O3. The fraction of sp³-hybridized carbons (Fsp3) is 0.500. The van der Waals surface area contributed by atoms with Gasteiger partial charge in [-0.2, -0.15) is 0 Å². The average molecular weight is 264 g/mol. The molecule has 0 aromatic heterocycles. The second-order valence-electron chi connectivity index (χ2n) is 4.75. The molecule has 0 saturated carbocycles. The van der Waals surface area contributed by atoms with Gasteiger partial charge in [-0.1, -0.05) is 29.8 Å². The van der Waals surface area contributed by atoms with Crippen LogP contribution in [0.2, 0.25) is 0 Å². The van der Waals surface area contributed by atoms with E-state index in [9.17, 15) is 9.90 Å². The van der Waals surface area contributed by atoms with Crippen molar-refractivity contribution in [3.63, 3.8) is 0 Å². The number of carbonyl (C=O) groups is 1. The van der Waals surface area contributed by atoms with Crippen LogP contribution in [0.1, 0.15) is 17.2 Å². The van der Waals surface area contributed by atoms with Gasteiger partial charge < -0.3 is 20.5 Å². The van der Waals surface area contributed by atoms with Crippen LogP contribution in [-0.2, 0) is 9.53 Å². The van der Waals surface area contributed by atoms with Crippen LogP contribution in [0.4, 0.5) is 0 Å². The van der Waals surface area contributed by atoms with Gasteiger partial charge in [0.1, 0.15) is 6.04 Å². The van der Waals surface area contributed by atoms with E-state index >= 15 is 0 Å². The van der Waals surface area contributed by atoms with Crippen molar-refractivity contribution in [3.8, 4) is 0 Å². The van der Waals surface area contributed by atoms with Crippen LogP contribution in [0.15, 0.2) is 24.3 Å². The molecule has 19 heavy (non-hydrogen) atoms. The zero-order chi connectivity index (χ0) is 13.7. The Hall–Kier alpha value is -1.43. The van der Waals surface area contributed by atoms with E-state index in [2.05, 4.69) is 10.6 Å². The fourth-order valence-electron chi connectivity index (χ4n) is 1.96. The summed E-state index contributed by atoms with van der Waals surface area (Å²) in [5.41, 5.74) is 1.95. The molecule has 1 saturated heterocycles. The molecule has 0 aliphatic carbocycles. The molecule has 1 aromatic carbocycles. The minimum Gasteiger partial charge on any atom is -0.387 e. The minimum atomic E-state index is -0.686. The maximum Gasteiger partial charge on any atom is 0.239 e. The molecule has 1 amide bonds. The van der Waals surface area contributed by atoms with Crippen molar-refractivity contribution < 1.29 is 14.6 Å². The summed E-state index contributed by atoms with van der Waals surface area (Å²) in [4.78, 5) is 11.8. The Morgan fingerprint density at radius 2 is 2.26 bits per heavy atom. The normalized spacial score (nSPS) is 20.8. The van der Waals surface area contributed by atoms with Crippen LogP contribution in [0.3, 0.4) is 0 Å². The van der Waals surface area contributed by atoms with E-state index in [1.54, 1.807) is 0 Å². The minimum absolute atomic E-state index is 0.133. The van der Waals surface area contributed by atoms with Gasteiger partial charge in [-0.05, 0) is 12.5 Å². The highest BCUT2D eigenvalue weighted by Gasteiger charge is 2.21. The van der Waals surface area contributed by atoms with Crippen LogP contribution in [-0.4, -0.2) is 43.4 Å². The SMILES string of the molecule is Cc1ccc([C@H](O)CNC(=O)[C@@H]2COCCN2)cc1. The molecule has 1 aromatic rings. The molecule has 0 spiro atoms. The maximum absolute atomic E-state index is 11.8. The van der Waals surface area contributed by atoms with Crippen molar-refractivity contribution in [1.29, 1.82) is 0 Å². The number of hydrogen-bond donors (Lipinski definition) is 3. The topological polar surface area (TPSA) is 70.6 Å². The van der Waals surface area contributed by atoms with Crippen LogP contribution in [0.5, 0.6) is 0 Å². The van der Waals surface area contributed by atoms with E-state index < -0.39 is 6.10 Å². The fourth-order valence-corrected chi connectivity index (χ4v) is 1.96. The van der Waals surface area contributed by atoms with E-state index in [1.807, 2.05) is 31.2 Å². The van der Waals surface area contributed by atoms with Crippen molar-refractivity contribution in [3.05, 3.63) is 35.4 Å². The lowest BCUT2D eigenvalue weighted by atomic mass is 10.1. The number of carbonyl (C=O) groups excluding carboxylic acids is 1. The van der Waals surface area contributed by atoms with Crippen molar-refractivity contribution in [2.75, 3.05) is 26.3 Å². The van der Waals surface area contributed by atoms with Crippen LogP contribution < -0.4 is 10.6 Å². The van der Waals surface area contributed by atoms with Crippen LogP contribution >= 0.6 is 0 Å². The van der Waals surface area contributed by atoms with Gasteiger partial charge in [0, 0.05) is 13.1 Å². The lowest BCUT2D eigenvalue weighted by Crippen LogP contribution is -2.51. The number of aryl methyl sites for hydroxylation is 1. The Morgan fingerprint density at radius 1 is 1.53 bits per heavy atom. The van der Waals surface area contributed by atoms with E-state index in [0.717, 1.165) is 11.1 Å². The van der Waals surface area contributed by atoms with E-state index in [-0.39, 0.29) is 18.5 Å². The molecular weight excluding hydrogens is 244 g/mol. The first-order valence-corrected chi connectivity index (χ1v) is 6.50. The number of nitrogens with one attached hydrogen (secondary N) is 2. The molecule has 104 valence electrons. The summed E-state index contributed by atoms with van der Waals surface area (Å²) in [7, 11) is 0. The van der Waals surface area contributed by atoms with E-state index in [4.69, 9.17) is 4.74 Å². The second-order valence-corrected chi connectivity index (χ2v) is 4.75. The largest absolute Gasteiger partial charge is 0.387 e. The Morgan fingerprint density at radius 3 is 2.89 bits per heavy atom. The third kappa shape index (κ3) is 4.02. The average Bonchev–Trinajstić information content (AvgIpc) is 2.46. The van der Waals surface area contributed by atoms with Gasteiger partial charge in [0.15, 0.2) is 0 Å². The maximum atomic E-state index is 11.8. The van der Waals surface area contributed by atoms with Gasteiger partial charge in [-0.25, -0.2) is 0 Å². The third-order valence-corrected chi connectivity index (χ3v) is 3.17. The molecule has 0 radical (unpaired) electrons. The van der Waals surface area contributed by atoms with Crippen molar-refractivity contribution >= 4 is 5.91 Å². The molecule has 5 nitrogen and oxygen atoms in total. The zero-order valence-corrected chi connectivity index (χ0v) is 11.1. The van der Waals surface area contributed by atoms with Gasteiger partial charge in [-0.3, -0.25) is 4.79 Å². The molecule has 1 aliphatic rings. The van der Waals surface area contributed by atoms with Gasteiger partial charge in [0.2, 0.25) is 5.91 Å². The number of aliphatic hydroxyl groups is 1. The Kier molecular flexibility index (Phi) is 4.90. The highest BCUT2D eigenvalue weighted by atomic mass is 16.5. The summed E-state index contributed by atoms with van der Waals surface area (Å²) < 4.78 is 5.22. The molecule has 1 fully saturated rings. The van der Waals surface area contributed by atoms with Crippen molar-refractivity contribution in [1.82, 2.24) is 10.6 Å². The Balaban J connectivity index is 1.80. The number of morpholine rings is 1. The number of aliphatic hydroxyl groups excluding tert-OH is 1. The smallest absolute Gasteiger partial charge is 0.239 e. The molecule has 2 rings (SSSR count). The first-order valence-electron chi connectivity index (χ1n) is 6.50. The molecule has 1 aliphatic heterocycles. The van der Waals surface area contributed by atoms with Gasteiger partial charge in [0.25, 0.3) is 0 Å². The Bertz CT molecular complexity index is 413. The van der Waals surface area contributed by atoms with E-state index in [1.165, 1.54) is 0 Å². The van der Waals surface area contributed by atoms with Crippen LogP contribution in [0, 0.1) is 6.92 Å². The first kappa shape index (κ1) is 14.0. The Labute approximate surface area is 113 Å².